The van der Waals surface area contributed by atoms with Crippen LogP contribution in [-0.4, -0.2) is 60.9 Å². The third-order valence-electron chi connectivity index (χ3n) is 6.35. The molecule has 1 fully saturated rings. The van der Waals surface area contributed by atoms with Crippen LogP contribution in [0.25, 0.3) is 0 Å². The number of para-hydroxylation sites is 1. The molecule has 176 valence electrons. The maximum atomic E-state index is 12.8. The molecule has 8 heteroatoms. The van der Waals surface area contributed by atoms with Gasteiger partial charge in [-0.25, -0.2) is 0 Å². The Balaban J connectivity index is 1.24. The maximum absolute atomic E-state index is 12.8. The largest absolute Gasteiger partial charge is 0.434 e. The van der Waals surface area contributed by atoms with Gasteiger partial charge in [0.05, 0.1) is 11.6 Å². The smallest absolute Gasteiger partial charge is 0.387 e. The molecule has 0 spiro atoms. The van der Waals surface area contributed by atoms with Crippen LogP contribution in [-0.2, 0) is 11.2 Å². The van der Waals surface area contributed by atoms with Crippen LogP contribution < -0.4 is 10.1 Å². The van der Waals surface area contributed by atoms with Crippen molar-refractivity contribution in [3.8, 4) is 5.75 Å². The molecule has 2 aromatic rings. The molecule has 1 saturated heterocycles. The van der Waals surface area contributed by atoms with Crippen molar-refractivity contribution in [2.75, 3.05) is 32.7 Å². The summed E-state index contributed by atoms with van der Waals surface area (Å²) in [6, 6.07) is 14.4. The van der Waals surface area contributed by atoms with Crippen LogP contribution >= 0.6 is 0 Å². The van der Waals surface area contributed by atoms with Crippen molar-refractivity contribution in [3.05, 3.63) is 65.2 Å². The van der Waals surface area contributed by atoms with Gasteiger partial charge in [0.25, 0.3) is 5.91 Å². The molecule has 2 aliphatic rings. The number of fused-ring (bicyclic) bond motifs is 1. The molecule has 2 amide bonds. The van der Waals surface area contributed by atoms with Gasteiger partial charge in [0.2, 0.25) is 5.91 Å². The number of benzene rings is 2. The summed E-state index contributed by atoms with van der Waals surface area (Å²) in [5, 5.41) is 3.18. The summed E-state index contributed by atoms with van der Waals surface area (Å²) in [4.78, 5) is 29.2. The highest BCUT2D eigenvalue weighted by molar-refractivity contribution is 5.97. The van der Waals surface area contributed by atoms with Crippen molar-refractivity contribution in [1.82, 2.24) is 15.1 Å². The molecule has 1 aliphatic carbocycles. The number of ether oxygens (including phenoxy) is 1. The first-order valence-electron chi connectivity index (χ1n) is 11.4. The fourth-order valence-electron chi connectivity index (χ4n) is 4.62. The molecule has 1 atom stereocenters. The lowest BCUT2D eigenvalue weighted by molar-refractivity contribution is -0.122. The Morgan fingerprint density at radius 3 is 2.55 bits per heavy atom. The third kappa shape index (κ3) is 5.87. The van der Waals surface area contributed by atoms with Crippen LogP contribution in [0.4, 0.5) is 8.78 Å². The van der Waals surface area contributed by atoms with Crippen LogP contribution in [0, 0.1) is 0 Å². The lowest BCUT2D eigenvalue weighted by Crippen LogP contribution is -2.49. The molecule has 0 aromatic heterocycles. The van der Waals surface area contributed by atoms with Crippen molar-refractivity contribution in [3.63, 3.8) is 0 Å². The summed E-state index contributed by atoms with van der Waals surface area (Å²) in [5.41, 5.74) is 2.68. The number of alkyl halides is 2. The van der Waals surface area contributed by atoms with Crippen LogP contribution in [0.15, 0.2) is 48.5 Å². The molecule has 1 N–H and O–H groups in total. The molecule has 4 rings (SSSR count). The number of piperazine rings is 1. The molecular formula is C25H29F2N3O3. The average Bonchev–Trinajstić information content (AvgIpc) is 2.83. The van der Waals surface area contributed by atoms with Gasteiger partial charge in [0.1, 0.15) is 5.75 Å². The van der Waals surface area contributed by atoms with Crippen LogP contribution in [0.5, 0.6) is 5.75 Å². The van der Waals surface area contributed by atoms with Gasteiger partial charge in [-0.2, -0.15) is 8.78 Å². The number of carbonyl (C=O) groups excluding carboxylic acids is 2. The van der Waals surface area contributed by atoms with Gasteiger partial charge >= 0.3 is 6.61 Å². The number of carbonyl (C=O) groups is 2. The van der Waals surface area contributed by atoms with Gasteiger partial charge in [-0.05, 0) is 42.5 Å². The van der Waals surface area contributed by atoms with Crippen LogP contribution in [0.2, 0.25) is 0 Å². The molecule has 0 saturated carbocycles. The van der Waals surface area contributed by atoms with Gasteiger partial charge in [-0.1, -0.05) is 36.4 Å². The van der Waals surface area contributed by atoms with Crippen molar-refractivity contribution in [2.24, 2.45) is 0 Å². The number of rotatable bonds is 7. The summed E-state index contributed by atoms with van der Waals surface area (Å²) in [6.07, 6.45) is 3.49. The summed E-state index contributed by atoms with van der Waals surface area (Å²) >= 11 is 0. The standard InChI is InChI=1S/C25H29F2N3O3/c26-25(27)33-22-11-4-3-9-20(22)24(32)30-16-14-29(15-17-30)13-12-23(31)28-21-10-5-7-18-6-1-2-8-19(18)21/h1-4,6,8-9,11,21,25H,5,7,10,12-17H2,(H,28,31). The zero-order valence-electron chi connectivity index (χ0n) is 18.5. The minimum Gasteiger partial charge on any atom is -0.434 e. The number of amides is 2. The molecule has 1 heterocycles. The van der Waals surface area contributed by atoms with E-state index in [0.29, 0.717) is 39.1 Å². The second kappa shape index (κ2) is 10.7. The van der Waals surface area contributed by atoms with Gasteiger partial charge in [-0.3, -0.25) is 14.5 Å². The number of nitrogens with one attached hydrogen (secondary N) is 1. The zero-order valence-corrected chi connectivity index (χ0v) is 18.5. The van der Waals surface area contributed by atoms with E-state index in [1.54, 1.807) is 17.0 Å². The van der Waals surface area contributed by atoms with Crippen molar-refractivity contribution in [2.45, 2.75) is 38.3 Å². The second-order valence-corrected chi connectivity index (χ2v) is 8.47. The highest BCUT2D eigenvalue weighted by Gasteiger charge is 2.26. The Morgan fingerprint density at radius 2 is 1.76 bits per heavy atom. The maximum Gasteiger partial charge on any atom is 0.387 e. The average molecular weight is 458 g/mol. The Morgan fingerprint density at radius 1 is 1.03 bits per heavy atom. The van der Waals surface area contributed by atoms with Gasteiger partial charge in [0, 0.05) is 39.1 Å². The highest BCUT2D eigenvalue weighted by Crippen LogP contribution is 2.29. The molecular weight excluding hydrogens is 428 g/mol. The van der Waals surface area contributed by atoms with Crippen molar-refractivity contribution < 1.29 is 23.1 Å². The monoisotopic (exact) mass is 457 g/mol. The van der Waals surface area contributed by atoms with E-state index in [4.69, 9.17) is 0 Å². The minimum absolute atomic E-state index is 0.0354. The van der Waals surface area contributed by atoms with E-state index in [9.17, 15) is 18.4 Å². The number of halogens is 2. The number of nitrogens with zero attached hydrogens (tertiary/aromatic N) is 2. The highest BCUT2D eigenvalue weighted by atomic mass is 19.3. The number of aryl methyl sites for hydroxylation is 1. The zero-order chi connectivity index (χ0) is 23.2. The summed E-state index contributed by atoms with van der Waals surface area (Å²) in [6.45, 7) is -0.164. The third-order valence-corrected chi connectivity index (χ3v) is 6.35. The number of hydrogen-bond donors (Lipinski definition) is 1. The fourth-order valence-corrected chi connectivity index (χ4v) is 4.62. The minimum atomic E-state index is -2.98. The molecule has 0 bridgehead atoms. The SMILES string of the molecule is O=C(CCN1CCN(C(=O)c2ccccc2OC(F)F)CC1)NC1CCCc2ccccc21. The first kappa shape index (κ1) is 23.2. The fraction of sp³-hybridized carbons (Fsp3) is 0.440. The molecule has 6 nitrogen and oxygen atoms in total. The van der Waals surface area contributed by atoms with Gasteiger partial charge in [0.15, 0.2) is 0 Å². The lowest BCUT2D eigenvalue weighted by atomic mass is 9.87. The van der Waals surface area contributed by atoms with Gasteiger partial charge in [-0.15, -0.1) is 0 Å². The Hall–Kier alpha value is -3.00. The van der Waals surface area contributed by atoms with Crippen LogP contribution in [0.1, 0.15) is 46.8 Å². The summed E-state index contributed by atoms with van der Waals surface area (Å²) in [7, 11) is 0. The topological polar surface area (TPSA) is 61.9 Å². The van der Waals surface area contributed by atoms with E-state index >= 15 is 0 Å². The van der Waals surface area contributed by atoms with E-state index < -0.39 is 6.61 Å². The van der Waals surface area contributed by atoms with E-state index in [2.05, 4.69) is 27.1 Å². The normalized spacial score (nSPS) is 18.6. The van der Waals surface area contributed by atoms with E-state index in [1.807, 2.05) is 12.1 Å². The summed E-state index contributed by atoms with van der Waals surface area (Å²) in [5.74, 6) is -0.395. The number of hydrogen-bond acceptors (Lipinski definition) is 4. The predicted molar refractivity (Wildman–Crippen MR) is 120 cm³/mol. The Labute approximate surface area is 192 Å². The second-order valence-electron chi connectivity index (χ2n) is 8.47. The van der Waals surface area contributed by atoms with Crippen LogP contribution in [0.3, 0.4) is 0 Å². The lowest BCUT2D eigenvalue weighted by Gasteiger charge is -2.35. The first-order chi connectivity index (χ1) is 16.0. The van der Waals surface area contributed by atoms with E-state index in [-0.39, 0.29) is 29.2 Å². The van der Waals surface area contributed by atoms with Crippen molar-refractivity contribution in [1.29, 1.82) is 0 Å². The summed E-state index contributed by atoms with van der Waals surface area (Å²) < 4.78 is 29.8. The van der Waals surface area contributed by atoms with Gasteiger partial charge < -0.3 is 15.0 Å². The Bertz CT molecular complexity index is 977. The van der Waals surface area contributed by atoms with E-state index in [1.165, 1.54) is 23.3 Å². The Kier molecular flexibility index (Phi) is 7.54. The quantitative estimate of drug-likeness (QED) is 0.690. The molecule has 2 aromatic carbocycles. The molecule has 1 unspecified atom stereocenters. The molecule has 1 aliphatic heterocycles. The van der Waals surface area contributed by atoms with Crippen molar-refractivity contribution >= 4 is 11.8 Å². The molecule has 33 heavy (non-hydrogen) atoms. The van der Waals surface area contributed by atoms with E-state index in [0.717, 1.165) is 19.3 Å². The predicted octanol–water partition coefficient (Wildman–Crippen LogP) is 3.63. The molecule has 0 radical (unpaired) electrons. The first-order valence-corrected chi connectivity index (χ1v) is 11.4.